The summed E-state index contributed by atoms with van der Waals surface area (Å²) in [6.45, 7) is -0.440. The van der Waals surface area contributed by atoms with Crippen LogP contribution < -0.4 is 20.7 Å². The Balaban J connectivity index is 1.65. The summed E-state index contributed by atoms with van der Waals surface area (Å²) in [4.78, 5) is 28.2. The first-order valence-corrected chi connectivity index (χ1v) is 10.7. The van der Waals surface area contributed by atoms with Crippen molar-refractivity contribution in [1.29, 1.82) is 5.26 Å². The van der Waals surface area contributed by atoms with Crippen molar-refractivity contribution in [3.63, 3.8) is 0 Å². The average Bonchev–Trinajstić information content (AvgIpc) is 2.88. The number of para-hydroxylation sites is 1. The van der Waals surface area contributed by atoms with Gasteiger partial charge in [-0.25, -0.2) is 9.18 Å². The van der Waals surface area contributed by atoms with Crippen LogP contribution in [0.25, 0.3) is 0 Å². The number of rotatable bonds is 4. The minimum absolute atomic E-state index is 0.227. The number of anilines is 2. The lowest BCUT2D eigenvalue weighted by molar-refractivity contribution is -0.118. The highest BCUT2D eigenvalue weighted by Crippen LogP contribution is 2.36. The van der Waals surface area contributed by atoms with Crippen molar-refractivity contribution in [2.45, 2.75) is 12.7 Å². The van der Waals surface area contributed by atoms with Gasteiger partial charge in [-0.2, -0.15) is 5.26 Å². The number of amides is 3. The van der Waals surface area contributed by atoms with E-state index < -0.39 is 18.7 Å². The summed E-state index contributed by atoms with van der Waals surface area (Å²) in [5.74, 6) is -0.355. The van der Waals surface area contributed by atoms with E-state index in [1.807, 2.05) is 30.3 Å². The van der Waals surface area contributed by atoms with E-state index in [-0.39, 0.29) is 12.5 Å². The molecule has 3 aromatic carbocycles. The quantitative estimate of drug-likeness (QED) is 0.623. The zero-order chi connectivity index (χ0) is 23.7. The number of alkyl halides is 1. The number of nitriles is 1. The van der Waals surface area contributed by atoms with Crippen LogP contribution in [0, 0.1) is 11.3 Å². The van der Waals surface area contributed by atoms with Crippen molar-refractivity contribution in [1.82, 2.24) is 10.7 Å². The molecule has 3 aromatic rings. The van der Waals surface area contributed by atoms with E-state index in [0.29, 0.717) is 33.6 Å². The lowest BCUT2D eigenvalue weighted by atomic mass is 9.92. The molecule has 2 heterocycles. The molecule has 34 heavy (non-hydrogen) atoms. The highest BCUT2D eigenvalue weighted by atomic mass is 19.1. The summed E-state index contributed by atoms with van der Waals surface area (Å²) >= 11 is 0. The van der Waals surface area contributed by atoms with Crippen molar-refractivity contribution in [2.24, 2.45) is 0 Å². The second-order valence-corrected chi connectivity index (χ2v) is 7.98. The number of benzene rings is 3. The molecule has 2 aliphatic heterocycles. The number of nitrogens with zero attached hydrogens (tertiary/aromatic N) is 3. The third-order valence-corrected chi connectivity index (χ3v) is 5.89. The van der Waals surface area contributed by atoms with Gasteiger partial charge in [-0.1, -0.05) is 42.5 Å². The molecule has 0 aromatic heterocycles. The summed E-state index contributed by atoms with van der Waals surface area (Å²) in [6, 6.07) is 23.7. The number of carbonyl (C=O) groups is 2. The van der Waals surface area contributed by atoms with Crippen molar-refractivity contribution in [2.75, 3.05) is 16.5 Å². The van der Waals surface area contributed by atoms with Gasteiger partial charge in [0.2, 0.25) is 0 Å². The first-order valence-electron chi connectivity index (χ1n) is 10.7. The molecule has 0 saturated carbocycles. The Morgan fingerprint density at radius 1 is 0.971 bits per heavy atom. The maximum atomic E-state index is 13.4. The van der Waals surface area contributed by atoms with E-state index in [4.69, 9.17) is 5.26 Å². The van der Waals surface area contributed by atoms with Gasteiger partial charge in [-0.3, -0.25) is 20.1 Å². The zero-order valence-electron chi connectivity index (χ0n) is 18.0. The Morgan fingerprint density at radius 2 is 1.71 bits per heavy atom. The van der Waals surface area contributed by atoms with E-state index in [1.54, 1.807) is 53.5 Å². The summed E-state index contributed by atoms with van der Waals surface area (Å²) in [5, 5.41) is 13.7. The fourth-order valence-electron chi connectivity index (χ4n) is 4.28. The predicted molar refractivity (Wildman–Crippen MR) is 125 cm³/mol. The van der Waals surface area contributed by atoms with Crippen LogP contribution in [0.15, 0.2) is 90.1 Å². The summed E-state index contributed by atoms with van der Waals surface area (Å²) < 4.78 is 13.4. The molecule has 2 aliphatic rings. The maximum absolute atomic E-state index is 13.4. The number of hydrogen-bond acceptors (Lipinski definition) is 4. The Hall–Kier alpha value is -4.64. The van der Waals surface area contributed by atoms with Gasteiger partial charge in [-0.05, 0) is 47.5 Å². The third kappa shape index (κ3) is 3.73. The second-order valence-electron chi connectivity index (χ2n) is 7.98. The van der Waals surface area contributed by atoms with E-state index in [2.05, 4.69) is 16.8 Å². The van der Waals surface area contributed by atoms with E-state index in [0.717, 1.165) is 5.69 Å². The van der Waals surface area contributed by atoms with Crippen LogP contribution in [0.5, 0.6) is 0 Å². The van der Waals surface area contributed by atoms with Crippen LogP contribution in [0.3, 0.4) is 0 Å². The van der Waals surface area contributed by atoms with Crippen molar-refractivity contribution >= 4 is 23.3 Å². The number of halogens is 1. The van der Waals surface area contributed by atoms with Gasteiger partial charge in [-0.15, -0.1) is 0 Å². The fourth-order valence-corrected chi connectivity index (χ4v) is 4.28. The third-order valence-electron chi connectivity index (χ3n) is 5.89. The predicted octanol–water partition coefficient (Wildman–Crippen LogP) is 4.10. The highest BCUT2D eigenvalue weighted by molar-refractivity contribution is 6.06. The van der Waals surface area contributed by atoms with Gasteiger partial charge < -0.3 is 5.32 Å². The minimum atomic E-state index is -0.700. The highest BCUT2D eigenvalue weighted by Gasteiger charge is 2.41. The molecule has 0 saturated heterocycles. The number of nitrogens with one attached hydrogen (secondary N) is 2. The van der Waals surface area contributed by atoms with Crippen LogP contribution in [0.1, 0.15) is 22.7 Å². The van der Waals surface area contributed by atoms with Crippen molar-refractivity contribution in [3.05, 3.63) is 107 Å². The standard InChI is InChI=1S/C26H20FN5O2/c27-14-18-5-4-8-21(13-18)32-22-16-31(20-6-2-1-3-7-20)30-25(33)23(22)24(29-26(32)34)19-11-9-17(15-28)10-12-19/h1-13,24H,14,16H2,(H,29,34)(H,30,33)/t24-/m1/s1. The molecule has 0 aliphatic carbocycles. The summed E-state index contributed by atoms with van der Waals surface area (Å²) in [5.41, 5.74) is 6.63. The number of hydrazine groups is 1. The van der Waals surface area contributed by atoms with Crippen LogP contribution >= 0.6 is 0 Å². The molecule has 7 nitrogen and oxygen atoms in total. The van der Waals surface area contributed by atoms with E-state index >= 15 is 0 Å². The molecular weight excluding hydrogens is 433 g/mol. The van der Waals surface area contributed by atoms with Crippen LogP contribution in [-0.4, -0.2) is 18.5 Å². The maximum Gasteiger partial charge on any atom is 0.327 e. The van der Waals surface area contributed by atoms with Gasteiger partial charge in [0.05, 0.1) is 46.9 Å². The molecular formula is C26H20FN5O2. The first kappa shape index (κ1) is 21.2. The first-order chi connectivity index (χ1) is 16.6. The Morgan fingerprint density at radius 3 is 2.41 bits per heavy atom. The Labute approximate surface area is 195 Å². The zero-order valence-corrected chi connectivity index (χ0v) is 18.0. The molecule has 1 atom stereocenters. The van der Waals surface area contributed by atoms with Crippen LogP contribution in [0.2, 0.25) is 0 Å². The number of carbonyl (C=O) groups excluding carboxylic acids is 2. The van der Waals surface area contributed by atoms with Crippen LogP contribution in [-0.2, 0) is 11.5 Å². The molecule has 3 amide bonds. The average molecular weight is 453 g/mol. The number of hydrogen-bond donors (Lipinski definition) is 2. The molecule has 168 valence electrons. The summed E-state index contributed by atoms with van der Waals surface area (Å²) in [6.07, 6.45) is 0. The summed E-state index contributed by atoms with van der Waals surface area (Å²) in [7, 11) is 0. The van der Waals surface area contributed by atoms with Gasteiger partial charge >= 0.3 is 6.03 Å². The molecule has 5 rings (SSSR count). The second kappa shape index (κ2) is 8.71. The van der Waals surface area contributed by atoms with Gasteiger partial charge in [0.15, 0.2) is 0 Å². The van der Waals surface area contributed by atoms with E-state index in [9.17, 15) is 14.0 Å². The Kier molecular flexibility index (Phi) is 5.44. The van der Waals surface area contributed by atoms with Crippen LogP contribution in [0.4, 0.5) is 20.6 Å². The monoisotopic (exact) mass is 453 g/mol. The molecule has 0 bridgehead atoms. The molecule has 2 N–H and O–H groups in total. The fraction of sp³-hybridized carbons (Fsp3) is 0.115. The molecule has 0 unspecified atom stereocenters. The molecule has 0 radical (unpaired) electrons. The molecule has 8 heteroatoms. The SMILES string of the molecule is N#Cc1ccc([C@H]2NC(=O)N(c3cccc(CF)c3)C3=C2C(=O)NN(c2ccccc2)C3)cc1. The lowest BCUT2D eigenvalue weighted by Crippen LogP contribution is -2.58. The smallest absolute Gasteiger partial charge is 0.326 e. The van der Waals surface area contributed by atoms with E-state index in [1.165, 1.54) is 4.90 Å². The number of urea groups is 1. The normalized spacial score (nSPS) is 17.6. The largest absolute Gasteiger partial charge is 0.327 e. The van der Waals surface area contributed by atoms with Crippen molar-refractivity contribution < 1.29 is 14.0 Å². The molecule has 0 fully saturated rings. The lowest BCUT2D eigenvalue weighted by Gasteiger charge is -2.42. The van der Waals surface area contributed by atoms with Gasteiger partial charge in [0.25, 0.3) is 5.91 Å². The van der Waals surface area contributed by atoms with Gasteiger partial charge in [0, 0.05) is 0 Å². The van der Waals surface area contributed by atoms with Gasteiger partial charge in [0.1, 0.15) is 6.67 Å². The Bertz CT molecular complexity index is 1330. The minimum Gasteiger partial charge on any atom is -0.326 e. The topological polar surface area (TPSA) is 88.5 Å². The molecule has 0 spiro atoms. The van der Waals surface area contributed by atoms with Crippen molar-refractivity contribution in [3.8, 4) is 6.07 Å².